The summed E-state index contributed by atoms with van der Waals surface area (Å²) in [5.74, 6) is 0.392. The molecule has 1 unspecified atom stereocenters. The number of anilines is 1. The Morgan fingerprint density at radius 1 is 1.35 bits per heavy atom. The summed E-state index contributed by atoms with van der Waals surface area (Å²) in [7, 11) is 0. The molecule has 0 radical (unpaired) electrons. The minimum atomic E-state index is -0.825. The van der Waals surface area contributed by atoms with Gasteiger partial charge in [0.15, 0.2) is 0 Å². The Labute approximate surface area is 145 Å². The van der Waals surface area contributed by atoms with Crippen molar-refractivity contribution in [2.24, 2.45) is 11.3 Å². The number of nitrogens with zero attached hydrogens (tertiary/aromatic N) is 1. The molecule has 1 saturated heterocycles. The van der Waals surface area contributed by atoms with Crippen LogP contribution in [0.25, 0.3) is 0 Å². The van der Waals surface area contributed by atoms with Crippen molar-refractivity contribution >= 4 is 33.4 Å². The van der Waals surface area contributed by atoms with Gasteiger partial charge in [0.1, 0.15) is 5.41 Å². The first-order valence-electron chi connectivity index (χ1n) is 8.29. The Hall–Kier alpha value is -1.36. The second-order valence-electron chi connectivity index (χ2n) is 7.00. The Morgan fingerprint density at radius 3 is 2.70 bits per heavy atom. The molecule has 1 heterocycles. The second-order valence-corrected chi connectivity index (χ2v) is 7.85. The van der Waals surface area contributed by atoms with Crippen LogP contribution in [0.15, 0.2) is 22.7 Å². The molecule has 3 rings (SSSR count). The van der Waals surface area contributed by atoms with E-state index in [9.17, 15) is 9.59 Å². The van der Waals surface area contributed by atoms with Gasteiger partial charge < -0.3 is 10.2 Å². The van der Waals surface area contributed by atoms with E-state index in [0.717, 1.165) is 35.2 Å². The number of piperidine rings is 1. The Balaban J connectivity index is 1.70. The second kappa shape index (κ2) is 6.27. The minimum Gasteiger partial charge on any atom is -0.342 e. The van der Waals surface area contributed by atoms with E-state index in [-0.39, 0.29) is 11.8 Å². The number of likely N-dealkylation sites (tertiary alicyclic amines) is 1. The lowest BCUT2D eigenvalue weighted by Crippen LogP contribution is -2.46. The van der Waals surface area contributed by atoms with Crippen LogP contribution in [0.5, 0.6) is 0 Å². The third-order valence-electron chi connectivity index (χ3n) is 4.97. The van der Waals surface area contributed by atoms with Crippen LogP contribution in [0.3, 0.4) is 0 Å². The molecule has 5 heteroatoms. The molecule has 2 fully saturated rings. The molecule has 23 heavy (non-hydrogen) atoms. The van der Waals surface area contributed by atoms with Crippen molar-refractivity contribution in [2.45, 2.75) is 39.5 Å². The number of amides is 2. The fourth-order valence-electron chi connectivity index (χ4n) is 3.26. The van der Waals surface area contributed by atoms with Crippen molar-refractivity contribution in [1.29, 1.82) is 0 Å². The maximum Gasteiger partial charge on any atom is 0.240 e. The smallest absolute Gasteiger partial charge is 0.240 e. The van der Waals surface area contributed by atoms with E-state index in [0.29, 0.717) is 18.8 Å². The average molecular weight is 379 g/mol. The van der Waals surface area contributed by atoms with Crippen LogP contribution in [-0.4, -0.2) is 29.8 Å². The van der Waals surface area contributed by atoms with Gasteiger partial charge in [-0.1, -0.05) is 28.9 Å². The van der Waals surface area contributed by atoms with Crippen LogP contribution in [0.2, 0.25) is 0 Å². The first kappa shape index (κ1) is 16.5. The molecule has 4 nitrogen and oxygen atoms in total. The molecule has 1 aromatic carbocycles. The van der Waals surface area contributed by atoms with E-state index >= 15 is 0 Å². The number of benzene rings is 1. The highest BCUT2D eigenvalue weighted by Gasteiger charge is 2.58. The van der Waals surface area contributed by atoms with E-state index in [1.165, 1.54) is 6.42 Å². The van der Waals surface area contributed by atoms with Crippen LogP contribution in [0.1, 0.15) is 38.2 Å². The summed E-state index contributed by atoms with van der Waals surface area (Å²) in [6.45, 7) is 5.74. The van der Waals surface area contributed by atoms with Gasteiger partial charge in [-0.15, -0.1) is 0 Å². The summed E-state index contributed by atoms with van der Waals surface area (Å²) in [5, 5.41) is 2.93. The molecule has 124 valence electrons. The van der Waals surface area contributed by atoms with Crippen LogP contribution in [0, 0.1) is 18.3 Å². The topological polar surface area (TPSA) is 49.4 Å². The van der Waals surface area contributed by atoms with Crippen molar-refractivity contribution in [3.8, 4) is 0 Å². The average Bonchev–Trinajstić information content (AvgIpc) is 3.32. The Bertz CT molecular complexity index is 640. The lowest BCUT2D eigenvalue weighted by atomic mass is 9.96. The maximum absolute atomic E-state index is 12.8. The summed E-state index contributed by atoms with van der Waals surface area (Å²) < 4.78 is 0.955. The standard InChI is InChI=1S/C18H23BrN2O2/c1-12-4-3-9-21(11-12)17(23)18(7-8-18)16(22)20-14-6-5-13(2)15(19)10-14/h5-6,10,12H,3-4,7-9,11H2,1-2H3,(H,20,22). The summed E-state index contributed by atoms with van der Waals surface area (Å²) in [4.78, 5) is 27.4. The first-order valence-corrected chi connectivity index (χ1v) is 9.09. The molecule has 1 aromatic rings. The lowest BCUT2D eigenvalue weighted by molar-refractivity contribution is -0.143. The van der Waals surface area contributed by atoms with Gasteiger partial charge in [0.05, 0.1) is 0 Å². The summed E-state index contributed by atoms with van der Waals surface area (Å²) in [6.07, 6.45) is 3.53. The van der Waals surface area contributed by atoms with Gasteiger partial charge in [0, 0.05) is 23.2 Å². The molecule has 1 saturated carbocycles. The largest absolute Gasteiger partial charge is 0.342 e. The first-order chi connectivity index (χ1) is 10.9. The number of aryl methyl sites for hydroxylation is 1. The molecule has 2 aliphatic rings. The van der Waals surface area contributed by atoms with Gasteiger partial charge >= 0.3 is 0 Å². The van der Waals surface area contributed by atoms with Crippen molar-refractivity contribution in [1.82, 2.24) is 4.90 Å². The van der Waals surface area contributed by atoms with Gasteiger partial charge in [-0.25, -0.2) is 0 Å². The zero-order valence-corrected chi connectivity index (χ0v) is 15.3. The van der Waals surface area contributed by atoms with Crippen LogP contribution >= 0.6 is 15.9 Å². The normalized spacial score (nSPS) is 22.6. The molecule has 0 aromatic heterocycles. The highest BCUT2D eigenvalue weighted by Crippen LogP contribution is 2.48. The number of hydrogen-bond acceptors (Lipinski definition) is 2. The van der Waals surface area contributed by atoms with E-state index in [4.69, 9.17) is 0 Å². The molecule has 1 aliphatic heterocycles. The summed E-state index contributed by atoms with van der Waals surface area (Å²) in [6, 6.07) is 5.71. The van der Waals surface area contributed by atoms with E-state index in [1.807, 2.05) is 30.0 Å². The summed E-state index contributed by atoms with van der Waals surface area (Å²) in [5.41, 5.74) is 1.02. The SMILES string of the molecule is Cc1ccc(NC(=O)C2(C(=O)N3CCCC(C)C3)CC2)cc1Br. The quantitative estimate of drug-likeness (QED) is 0.814. The highest BCUT2D eigenvalue weighted by atomic mass is 79.9. The fourth-order valence-corrected chi connectivity index (χ4v) is 3.64. The van der Waals surface area contributed by atoms with Gasteiger partial charge in [-0.05, 0) is 56.2 Å². The third kappa shape index (κ3) is 3.30. The van der Waals surface area contributed by atoms with Gasteiger partial charge in [-0.3, -0.25) is 9.59 Å². The number of carbonyl (C=O) groups is 2. The molecular weight excluding hydrogens is 356 g/mol. The molecule has 0 bridgehead atoms. The van der Waals surface area contributed by atoms with Gasteiger partial charge in [-0.2, -0.15) is 0 Å². The van der Waals surface area contributed by atoms with Crippen molar-refractivity contribution in [2.75, 3.05) is 18.4 Å². The van der Waals surface area contributed by atoms with E-state index < -0.39 is 5.41 Å². The minimum absolute atomic E-state index is 0.0210. The van der Waals surface area contributed by atoms with Crippen molar-refractivity contribution in [3.63, 3.8) is 0 Å². The van der Waals surface area contributed by atoms with Crippen molar-refractivity contribution < 1.29 is 9.59 Å². The molecule has 1 N–H and O–H groups in total. The summed E-state index contributed by atoms with van der Waals surface area (Å²) >= 11 is 3.47. The lowest BCUT2D eigenvalue weighted by Gasteiger charge is -2.33. The molecule has 1 aliphatic carbocycles. The van der Waals surface area contributed by atoms with E-state index in [2.05, 4.69) is 28.2 Å². The number of nitrogens with one attached hydrogen (secondary N) is 1. The van der Waals surface area contributed by atoms with Gasteiger partial charge in [0.2, 0.25) is 11.8 Å². The highest BCUT2D eigenvalue weighted by molar-refractivity contribution is 9.10. The number of rotatable bonds is 3. The number of halogens is 1. The van der Waals surface area contributed by atoms with E-state index in [1.54, 1.807) is 0 Å². The Kier molecular flexibility index (Phi) is 4.50. The Morgan fingerprint density at radius 2 is 2.09 bits per heavy atom. The van der Waals surface area contributed by atoms with Crippen molar-refractivity contribution in [3.05, 3.63) is 28.2 Å². The third-order valence-corrected chi connectivity index (χ3v) is 5.82. The maximum atomic E-state index is 12.8. The number of carbonyl (C=O) groups excluding carboxylic acids is 2. The predicted octanol–water partition coefficient (Wildman–Crippen LogP) is 3.73. The van der Waals surface area contributed by atoms with Crippen LogP contribution in [0.4, 0.5) is 5.69 Å². The van der Waals surface area contributed by atoms with Gasteiger partial charge in [0.25, 0.3) is 0 Å². The predicted molar refractivity (Wildman–Crippen MR) is 94.2 cm³/mol. The fraction of sp³-hybridized carbons (Fsp3) is 0.556. The zero-order valence-electron chi connectivity index (χ0n) is 13.7. The van der Waals surface area contributed by atoms with Crippen LogP contribution in [-0.2, 0) is 9.59 Å². The molecule has 2 amide bonds. The molecule has 0 spiro atoms. The monoisotopic (exact) mass is 378 g/mol. The molecule has 1 atom stereocenters. The van der Waals surface area contributed by atoms with Crippen LogP contribution < -0.4 is 5.32 Å². The zero-order chi connectivity index (χ0) is 16.6. The number of hydrogen-bond donors (Lipinski definition) is 1. The molecular formula is C18H23BrN2O2.